The van der Waals surface area contributed by atoms with Gasteiger partial charge in [0.25, 0.3) is 5.91 Å². The maximum Gasteiger partial charge on any atom is 0.255 e. The highest BCUT2D eigenvalue weighted by Gasteiger charge is 2.20. The third kappa shape index (κ3) is 5.33. The molecule has 0 aliphatic carbocycles. The Hall–Kier alpha value is -1.92. The Labute approximate surface area is 140 Å². The van der Waals surface area contributed by atoms with E-state index in [1.807, 2.05) is 31.4 Å². The van der Waals surface area contributed by atoms with Crippen LogP contribution in [-0.4, -0.2) is 29.1 Å². The molecule has 0 atom stereocenters. The molecule has 124 valence electrons. The second kappa shape index (κ2) is 8.08. The van der Waals surface area contributed by atoms with Gasteiger partial charge in [0.15, 0.2) is 0 Å². The quantitative estimate of drug-likeness (QED) is 0.779. The SMILES string of the molecule is CC(C)(CCO)CNC(=O)c1ccccc1OCc1cscn1. The maximum atomic E-state index is 12.4. The van der Waals surface area contributed by atoms with Crippen molar-refractivity contribution in [3.63, 3.8) is 0 Å². The summed E-state index contributed by atoms with van der Waals surface area (Å²) in [5.41, 5.74) is 2.94. The van der Waals surface area contributed by atoms with E-state index in [4.69, 9.17) is 9.84 Å². The molecule has 0 spiro atoms. The predicted molar refractivity (Wildman–Crippen MR) is 90.7 cm³/mol. The molecule has 1 aromatic carbocycles. The Morgan fingerprint density at radius 1 is 1.39 bits per heavy atom. The molecule has 0 radical (unpaired) electrons. The molecule has 2 aromatic rings. The molecule has 2 rings (SSSR count). The second-order valence-corrected chi connectivity index (χ2v) is 6.80. The Kier molecular flexibility index (Phi) is 6.12. The third-order valence-corrected chi connectivity index (χ3v) is 4.14. The van der Waals surface area contributed by atoms with E-state index in [9.17, 15) is 4.79 Å². The summed E-state index contributed by atoms with van der Waals surface area (Å²) in [5.74, 6) is 0.364. The van der Waals surface area contributed by atoms with Crippen molar-refractivity contribution in [3.05, 3.63) is 46.4 Å². The van der Waals surface area contributed by atoms with Crippen molar-refractivity contribution in [2.45, 2.75) is 26.9 Å². The van der Waals surface area contributed by atoms with Crippen molar-refractivity contribution in [3.8, 4) is 5.75 Å². The lowest BCUT2D eigenvalue weighted by Crippen LogP contribution is -2.34. The first-order valence-corrected chi connectivity index (χ1v) is 8.44. The summed E-state index contributed by atoms with van der Waals surface area (Å²) in [5, 5.41) is 13.9. The predicted octanol–water partition coefficient (Wildman–Crippen LogP) is 2.86. The number of benzene rings is 1. The Balaban J connectivity index is 1.99. The number of thiazole rings is 1. The van der Waals surface area contributed by atoms with Gasteiger partial charge in [-0.15, -0.1) is 11.3 Å². The average molecular weight is 334 g/mol. The largest absolute Gasteiger partial charge is 0.486 e. The van der Waals surface area contributed by atoms with Gasteiger partial charge in [0.2, 0.25) is 0 Å². The van der Waals surface area contributed by atoms with Gasteiger partial charge in [0, 0.05) is 18.5 Å². The molecule has 0 saturated heterocycles. The van der Waals surface area contributed by atoms with Gasteiger partial charge in [-0.3, -0.25) is 4.79 Å². The first kappa shape index (κ1) is 17.4. The minimum atomic E-state index is -0.176. The smallest absolute Gasteiger partial charge is 0.255 e. The molecule has 5 nitrogen and oxygen atoms in total. The van der Waals surface area contributed by atoms with Gasteiger partial charge < -0.3 is 15.2 Å². The molecule has 1 aromatic heterocycles. The molecule has 23 heavy (non-hydrogen) atoms. The number of carbonyl (C=O) groups excluding carboxylic acids is 1. The molecular formula is C17H22N2O3S. The molecule has 0 saturated carbocycles. The number of aliphatic hydroxyl groups excluding tert-OH is 1. The molecule has 1 heterocycles. The van der Waals surface area contributed by atoms with Crippen molar-refractivity contribution in [1.82, 2.24) is 10.3 Å². The van der Waals surface area contributed by atoms with Crippen LogP contribution >= 0.6 is 11.3 Å². The first-order valence-electron chi connectivity index (χ1n) is 7.50. The second-order valence-electron chi connectivity index (χ2n) is 6.09. The molecule has 1 amide bonds. The van der Waals surface area contributed by atoms with Gasteiger partial charge in [0.1, 0.15) is 12.4 Å². The molecule has 0 unspecified atom stereocenters. The monoisotopic (exact) mass is 334 g/mol. The molecular weight excluding hydrogens is 312 g/mol. The van der Waals surface area contributed by atoms with Crippen LogP contribution in [0.25, 0.3) is 0 Å². The normalized spacial score (nSPS) is 11.3. The van der Waals surface area contributed by atoms with Gasteiger partial charge in [-0.1, -0.05) is 26.0 Å². The van der Waals surface area contributed by atoms with E-state index in [0.717, 1.165) is 5.69 Å². The summed E-state index contributed by atoms with van der Waals surface area (Å²) < 4.78 is 5.73. The highest BCUT2D eigenvalue weighted by Crippen LogP contribution is 2.21. The lowest BCUT2D eigenvalue weighted by Gasteiger charge is -2.24. The Bertz CT molecular complexity index is 627. The minimum absolute atomic E-state index is 0.107. The van der Waals surface area contributed by atoms with Crippen LogP contribution in [-0.2, 0) is 6.61 Å². The lowest BCUT2D eigenvalue weighted by atomic mass is 9.89. The Morgan fingerprint density at radius 2 is 2.17 bits per heavy atom. The highest BCUT2D eigenvalue weighted by atomic mass is 32.1. The van der Waals surface area contributed by atoms with Crippen LogP contribution in [0.15, 0.2) is 35.2 Å². The van der Waals surface area contributed by atoms with E-state index in [1.165, 1.54) is 11.3 Å². The van der Waals surface area contributed by atoms with Crippen LogP contribution in [0.5, 0.6) is 5.75 Å². The van der Waals surface area contributed by atoms with Crippen molar-refractivity contribution in [2.75, 3.05) is 13.2 Å². The number of aromatic nitrogens is 1. The molecule has 2 N–H and O–H groups in total. The van der Waals surface area contributed by atoms with Crippen LogP contribution in [0.2, 0.25) is 0 Å². The fourth-order valence-corrected chi connectivity index (χ4v) is 2.59. The van der Waals surface area contributed by atoms with Gasteiger partial charge >= 0.3 is 0 Å². The molecule has 0 fully saturated rings. The lowest BCUT2D eigenvalue weighted by molar-refractivity contribution is 0.0923. The number of hydrogen-bond acceptors (Lipinski definition) is 5. The van der Waals surface area contributed by atoms with Crippen LogP contribution in [0.4, 0.5) is 0 Å². The molecule has 6 heteroatoms. The van der Waals surface area contributed by atoms with Crippen LogP contribution in [0, 0.1) is 5.41 Å². The number of aliphatic hydroxyl groups is 1. The van der Waals surface area contributed by atoms with Gasteiger partial charge in [-0.2, -0.15) is 0 Å². The van der Waals surface area contributed by atoms with E-state index in [2.05, 4.69) is 10.3 Å². The summed E-state index contributed by atoms with van der Waals surface area (Å²) in [6, 6.07) is 7.16. The number of rotatable bonds is 8. The van der Waals surface area contributed by atoms with Crippen LogP contribution in [0.1, 0.15) is 36.3 Å². The molecule has 0 aliphatic rings. The fraction of sp³-hybridized carbons (Fsp3) is 0.412. The van der Waals surface area contributed by atoms with E-state index in [0.29, 0.717) is 30.9 Å². The Morgan fingerprint density at radius 3 is 2.87 bits per heavy atom. The van der Waals surface area contributed by atoms with Gasteiger partial charge in [0.05, 0.1) is 16.8 Å². The van der Waals surface area contributed by atoms with E-state index < -0.39 is 0 Å². The van der Waals surface area contributed by atoms with Crippen molar-refractivity contribution >= 4 is 17.2 Å². The number of ether oxygens (including phenoxy) is 1. The van der Waals surface area contributed by atoms with E-state index >= 15 is 0 Å². The average Bonchev–Trinajstić information content (AvgIpc) is 3.04. The number of carbonyl (C=O) groups is 1. The summed E-state index contributed by atoms with van der Waals surface area (Å²) in [4.78, 5) is 16.6. The molecule has 0 aliphatic heterocycles. The zero-order chi connectivity index (χ0) is 16.7. The fourth-order valence-electron chi connectivity index (χ4n) is 2.05. The van der Waals surface area contributed by atoms with Crippen molar-refractivity contribution in [2.24, 2.45) is 5.41 Å². The van der Waals surface area contributed by atoms with Crippen molar-refractivity contribution in [1.29, 1.82) is 0 Å². The van der Waals surface area contributed by atoms with Gasteiger partial charge in [-0.05, 0) is 24.0 Å². The summed E-state index contributed by atoms with van der Waals surface area (Å²) >= 11 is 1.51. The summed E-state index contributed by atoms with van der Waals surface area (Å²) in [6.45, 7) is 4.95. The van der Waals surface area contributed by atoms with E-state index in [1.54, 1.807) is 17.6 Å². The van der Waals surface area contributed by atoms with Crippen LogP contribution < -0.4 is 10.1 Å². The highest BCUT2D eigenvalue weighted by molar-refractivity contribution is 7.07. The standard InChI is InChI=1S/C17H22N2O3S/c1-17(2,7-8-20)11-18-16(21)14-5-3-4-6-15(14)22-9-13-10-23-12-19-13/h3-6,10,12,20H,7-9,11H2,1-2H3,(H,18,21). The van der Waals surface area contributed by atoms with Crippen molar-refractivity contribution < 1.29 is 14.6 Å². The molecule has 0 bridgehead atoms. The number of amides is 1. The zero-order valence-corrected chi connectivity index (χ0v) is 14.2. The number of para-hydroxylation sites is 1. The minimum Gasteiger partial charge on any atom is -0.486 e. The number of nitrogens with one attached hydrogen (secondary N) is 1. The first-order chi connectivity index (χ1) is 11.0. The summed E-state index contributed by atoms with van der Waals surface area (Å²) in [6.07, 6.45) is 0.634. The maximum absolute atomic E-state index is 12.4. The third-order valence-electron chi connectivity index (χ3n) is 3.51. The topological polar surface area (TPSA) is 71.5 Å². The zero-order valence-electron chi connectivity index (χ0n) is 13.4. The number of nitrogens with zero attached hydrogens (tertiary/aromatic N) is 1. The van der Waals surface area contributed by atoms with Crippen LogP contribution in [0.3, 0.4) is 0 Å². The number of hydrogen-bond donors (Lipinski definition) is 2. The van der Waals surface area contributed by atoms with E-state index in [-0.39, 0.29) is 17.9 Å². The summed E-state index contributed by atoms with van der Waals surface area (Å²) in [7, 11) is 0. The van der Waals surface area contributed by atoms with Gasteiger partial charge in [-0.25, -0.2) is 4.98 Å².